The second-order valence-corrected chi connectivity index (χ2v) is 11.2. The smallest absolute Gasteiger partial charge is 0.276 e. The molecule has 37 heavy (non-hydrogen) atoms. The minimum absolute atomic E-state index is 0.134. The van der Waals surface area contributed by atoms with E-state index in [2.05, 4.69) is 20.8 Å². The van der Waals surface area contributed by atoms with Crippen LogP contribution in [0.15, 0.2) is 52.4 Å². The lowest BCUT2D eigenvalue weighted by atomic mass is 10.0. The van der Waals surface area contributed by atoms with Crippen LogP contribution in [-0.2, 0) is 30.6 Å². The highest BCUT2D eigenvalue weighted by Gasteiger charge is 2.53. The highest BCUT2D eigenvalue weighted by molar-refractivity contribution is 8.00. The second kappa shape index (κ2) is 10.9. The predicted octanol–water partition coefficient (Wildman–Crippen LogP) is -1.06. The number of aromatic nitrogens is 2. The maximum Gasteiger partial charge on any atom is 0.276 e. The van der Waals surface area contributed by atoms with Crippen molar-refractivity contribution >= 4 is 69.9 Å². The monoisotopic (exact) mass is 560 g/mol. The van der Waals surface area contributed by atoms with Gasteiger partial charge in [0.1, 0.15) is 23.2 Å². The van der Waals surface area contributed by atoms with E-state index in [1.807, 2.05) is 22.8 Å². The molecule has 2 saturated heterocycles. The molecule has 0 saturated carbocycles. The Morgan fingerprint density at radius 1 is 1.30 bits per heavy atom. The van der Waals surface area contributed by atoms with Gasteiger partial charge in [0.25, 0.3) is 11.8 Å². The van der Waals surface area contributed by atoms with E-state index in [0.717, 1.165) is 22.8 Å². The van der Waals surface area contributed by atoms with Gasteiger partial charge >= 0.3 is 0 Å². The minimum atomic E-state index is -1.44. The Balaban J connectivity index is 1.33. The van der Waals surface area contributed by atoms with Crippen LogP contribution in [0.5, 0.6) is 0 Å². The van der Waals surface area contributed by atoms with Gasteiger partial charge in [0, 0.05) is 40.3 Å². The van der Waals surface area contributed by atoms with Crippen LogP contribution in [0.3, 0.4) is 0 Å². The van der Waals surface area contributed by atoms with E-state index in [4.69, 9.17) is 4.84 Å². The number of thioether (sulfide) groups is 2. The first-order valence-electron chi connectivity index (χ1n) is 11.1. The molecule has 3 amide bonds. The maximum atomic E-state index is 13.2. The number of amides is 3. The number of fused-ring (bicyclic) bond motifs is 1. The Hall–Kier alpha value is -3.43. The van der Waals surface area contributed by atoms with E-state index in [0.29, 0.717) is 24.3 Å². The lowest BCUT2D eigenvalue weighted by Gasteiger charge is -2.50. The van der Waals surface area contributed by atoms with E-state index in [1.165, 1.54) is 22.0 Å². The number of nitrogens with one attached hydrogen (secondary N) is 2. The van der Waals surface area contributed by atoms with Gasteiger partial charge in [-0.15, -0.1) is 23.1 Å². The normalized spacial score (nSPS) is 21.5. The molecule has 0 aromatic carbocycles. The zero-order chi connectivity index (χ0) is 25.9. The molecule has 0 spiro atoms. The fourth-order valence-corrected chi connectivity index (χ4v) is 6.41. The number of hydrogen-bond donors (Lipinski definition) is 2. The van der Waals surface area contributed by atoms with Crippen molar-refractivity contribution in [1.82, 2.24) is 15.2 Å². The van der Waals surface area contributed by atoms with Gasteiger partial charge in [-0.2, -0.15) is 11.8 Å². The molecule has 12 nitrogen and oxygen atoms in total. The molecular formula is C22H20N6O6S3. The van der Waals surface area contributed by atoms with Crippen LogP contribution in [0.2, 0.25) is 0 Å². The van der Waals surface area contributed by atoms with Crippen LogP contribution in [0, 0.1) is 0 Å². The van der Waals surface area contributed by atoms with Crippen molar-refractivity contribution in [3.63, 3.8) is 0 Å². The van der Waals surface area contributed by atoms with Gasteiger partial charge in [0.15, 0.2) is 29.8 Å². The number of thiazole rings is 1. The predicted molar refractivity (Wildman–Crippen MR) is 134 cm³/mol. The molecule has 2 fully saturated rings. The number of nitrogens with zero attached hydrogens (tertiary/aromatic N) is 4. The average Bonchev–Trinajstić information content (AvgIpc) is 3.32. The van der Waals surface area contributed by atoms with Crippen molar-refractivity contribution in [2.45, 2.75) is 24.1 Å². The van der Waals surface area contributed by atoms with Crippen LogP contribution in [0.25, 0.3) is 0 Å². The van der Waals surface area contributed by atoms with E-state index in [1.54, 1.807) is 24.2 Å². The number of carboxylic acids is 1. The fraction of sp³-hybridized carbons (Fsp3) is 0.318. The molecule has 2 atom stereocenters. The molecule has 5 rings (SSSR count). The largest absolute Gasteiger partial charge is 0.543 e. The van der Waals surface area contributed by atoms with Crippen molar-refractivity contribution in [3.05, 3.63) is 52.9 Å². The number of β-lactam (4-membered cyclic amide) rings is 1. The molecule has 3 aliphatic heterocycles. The number of rotatable bonds is 10. The number of hydrogen-bond acceptors (Lipinski definition) is 11. The zero-order valence-electron chi connectivity index (χ0n) is 19.1. The summed E-state index contributed by atoms with van der Waals surface area (Å²) in [7, 11) is 0. The number of aliphatic carboxylic acids is 1. The maximum absolute atomic E-state index is 13.2. The number of pyridine rings is 1. The summed E-state index contributed by atoms with van der Waals surface area (Å²) < 4.78 is 1.81. The summed E-state index contributed by atoms with van der Waals surface area (Å²) in [5.74, 6) is -0.867. The van der Waals surface area contributed by atoms with Crippen molar-refractivity contribution in [2.24, 2.45) is 5.16 Å². The molecule has 0 bridgehead atoms. The van der Waals surface area contributed by atoms with Gasteiger partial charge < -0.3 is 25.4 Å². The molecule has 0 radical (unpaired) electrons. The zero-order valence-corrected chi connectivity index (χ0v) is 21.5. The Labute approximate surface area is 223 Å². The quantitative estimate of drug-likeness (QED) is 0.122. The first-order valence-corrected chi connectivity index (χ1v) is 14.1. The topological polar surface area (TPSA) is 157 Å². The summed E-state index contributed by atoms with van der Waals surface area (Å²) in [6, 6.07) is 4.53. The molecule has 2 aromatic heterocycles. The molecule has 2 aromatic rings. The first kappa shape index (κ1) is 25.2. The van der Waals surface area contributed by atoms with E-state index in [-0.39, 0.29) is 28.3 Å². The summed E-state index contributed by atoms with van der Waals surface area (Å²) in [5, 5.41) is 22.3. The minimum Gasteiger partial charge on any atom is -0.543 e. The molecule has 192 valence electrons. The number of carboxylic acid groups (broad SMARTS) is 1. The van der Waals surface area contributed by atoms with E-state index >= 15 is 0 Å². The molecule has 1 unspecified atom stereocenters. The average molecular weight is 561 g/mol. The van der Waals surface area contributed by atoms with Crippen molar-refractivity contribution < 1.29 is 33.7 Å². The third-order valence-corrected chi connectivity index (χ3v) is 9.05. The first-order chi connectivity index (χ1) is 18.0. The summed E-state index contributed by atoms with van der Waals surface area (Å²) in [5.41, 5.74) is 0.411. The number of anilines is 1. The number of carbonyl (C=O) groups excluding carboxylic acids is 4. The van der Waals surface area contributed by atoms with Crippen molar-refractivity contribution in [3.8, 4) is 0 Å². The van der Waals surface area contributed by atoms with Gasteiger partial charge in [0.2, 0.25) is 6.41 Å². The van der Waals surface area contributed by atoms with Crippen LogP contribution >= 0.6 is 34.9 Å². The third kappa shape index (κ3) is 5.19. The molecule has 3 aliphatic rings. The summed E-state index contributed by atoms with van der Waals surface area (Å²) >= 11 is 4.14. The Morgan fingerprint density at radius 2 is 2.08 bits per heavy atom. The van der Waals surface area contributed by atoms with Crippen molar-refractivity contribution in [2.75, 3.05) is 22.6 Å². The molecule has 0 aliphatic carbocycles. The van der Waals surface area contributed by atoms with Gasteiger partial charge in [-0.25, -0.2) is 9.55 Å². The van der Waals surface area contributed by atoms with Crippen molar-refractivity contribution in [1.29, 1.82) is 0 Å². The number of oxime groups is 1. The number of carbonyl (C=O) groups is 4. The third-order valence-electron chi connectivity index (χ3n) is 5.72. The molecular weight excluding hydrogens is 540 g/mol. The van der Waals surface area contributed by atoms with E-state index < -0.39 is 29.2 Å². The highest BCUT2D eigenvalue weighted by atomic mass is 32.2. The van der Waals surface area contributed by atoms with E-state index in [9.17, 15) is 24.3 Å². The van der Waals surface area contributed by atoms with Gasteiger partial charge in [-0.1, -0.05) is 11.2 Å². The SMILES string of the molecule is O=CNc1nc(C(=NOC2CSC2)C(=O)NC2C(=O)N3C(C(=O)[O-])=C(C[n+]4ccccc4)CS[C@H]23)cs1. The summed E-state index contributed by atoms with van der Waals surface area (Å²) in [6.07, 6.45) is 3.94. The van der Waals surface area contributed by atoms with Crippen LogP contribution < -0.4 is 20.3 Å². The molecule has 15 heteroatoms. The Bertz CT molecular complexity index is 1290. The second-order valence-electron chi connectivity index (χ2n) is 8.15. The fourth-order valence-electron chi connectivity index (χ4n) is 3.87. The summed E-state index contributed by atoms with van der Waals surface area (Å²) in [4.78, 5) is 59.8. The standard InChI is InChI=1S/C22H20N6O6S3/c29-11-23-22-24-14(10-37-22)15(26-34-13-8-35-9-13)18(30)25-16-19(31)28-17(21(32)33)12(7-36-20(16)28)6-27-4-2-1-3-5-27/h1-5,10-11,13,16,20H,6-9H2,(H2-,23,24,25,29,30,32,33)/t16?,20-/m1/s1. The Kier molecular flexibility index (Phi) is 7.43. The Morgan fingerprint density at radius 3 is 2.76 bits per heavy atom. The van der Waals surface area contributed by atoms with Gasteiger partial charge in [0.05, 0.1) is 11.7 Å². The lowest BCUT2D eigenvalue weighted by molar-refractivity contribution is -0.689. The summed E-state index contributed by atoms with van der Waals surface area (Å²) in [6.45, 7) is 0.291. The molecule has 2 N–H and O–H groups in total. The van der Waals surface area contributed by atoms with Crippen LogP contribution in [-0.4, -0.2) is 74.6 Å². The van der Waals surface area contributed by atoms with Gasteiger partial charge in [-0.05, 0) is 0 Å². The molecule has 5 heterocycles. The lowest BCUT2D eigenvalue weighted by Crippen LogP contribution is -2.71. The highest BCUT2D eigenvalue weighted by Crippen LogP contribution is 2.40. The van der Waals surface area contributed by atoms with Gasteiger partial charge in [-0.3, -0.25) is 19.3 Å². The van der Waals surface area contributed by atoms with Crippen LogP contribution in [0.1, 0.15) is 5.69 Å². The van der Waals surface area contributed by atoms with Crippen LogP contribution in [0.4, 0.5) is 5.13 Å².